The van der Waals surface area contributed by atoms with Crippen molar-refractivity contribution in [3.8, 4) is 11.5 Å². The van der Waals surface area contributed by atoms with Gasteiger partial charge in [-0.05, 0) is 67.3 Å². The summed E-state index contributed by atoms with van der Waals surface area (Å²) < 4.78 is 44.7. The Bertz CT molecular complexity index is 819. The van der Waals surface area contributed by atoms with Gasteiger partial charge in [0.25, 0.3) is 0 Å². The summed E-state index contributed by atoms with van der Waals surface area (Å²) in [6, 6.07) is 7.14. The molecule has 2 aromatic carbocycles. The third kappa shape index (κ3) is 4.49. The van der Waals surface area contributed by atoms with Crippen LogP contribution in [0.4, 0.5) is 13.2 Å². The summed E-state index contributed by atoms with van der Waals surface area (Å²) >= 11 is 5.64. The first-order valence-electron chi connectivity index (χ1n) is 8.06. The lowest BCUT2D eigenvalue weighted by Gasteiger charge is -2.18. The molecule has 0 fully saturated rings. The highest BCUT2D eigenvalue weighted by Gasteiger charge is 2.33. The number of ether oxygens (including phenoxy) is 1. The lowest BCUT2D eigenvalue weighted by atomic mass is 9.97. The fourth-order valence-electron chi connectivity index (χ4n) is 2.70. The summed E-state index contributed by atoms with van der Waals surface area (Å²) in [6.07, 6.45) is -2.49. The minimum absolute atomic E-state index is 0.0693. The number of aliphatic imine (C=N–C) groups is 1. The van der Waals surface area contributed by atoms with Crippen LogP contribution in [0.15, 0.2) is 35.3 Å². The number of nitrogens with zero attached hydrogens (tertiary/aromatic N) is 1. The predicted molar refractivity (Wildman–Crippen MR) is 98.2 cm³/mol. The molecule has 3 nitrogen and oxygen atoms in total. The number of aryl methyl sites for hydroxylation is 2. The highest BCUT2D eigenvalue weighted by Crippen LogP contribution is 2.38. The Hall–Kier alpha value is -2.21. The van der Waals surface area contributed by atoms with E-state index < -0.39 is 11.7 Å². The molecule has 2 N–H and O–H groups in total. The van der Waals surface area contributed by atoms with E-state index in [4.69, 9.17) is 22.1 Å². The number of hydrogen-bond acceptors (Lipinski definition) is 2. The van der Waals surface area contributed by atoms with Gasteiger partial charge < -0.3 is 10.5 Å². The van der Waals surface area contributed by atoms with Gasteiger partial charge in [-0.3, -0.25) is 4.99 Å². The maximum Gasteiger partial charge on any atom is 0.417 e. The fraction of sp³-hybridized carbons (Fsp3) is 0.316. The molecule has 0 amide bonds. The molecule has 0 saturated carbocycles. The molecule has 0 saturated heterocycles. The second-order valence-electron chi connectivity index (χ2n) is 5.94. The Balaban J connectivity index is 2.38. The Labute approximate surface area is 155 Å². The van der Waals surface area contributed by atoms with Crippen LogP contribution in [0.25, 0.3) is 0 Å². The molecule has 0 aliphatic heterocycles. The third-order valence-corrected chi connectivity index (χ3v) is 4.38. The zero-order valence-corrected chi connectivity index (χ0v) is 15.4. The summed E-state index contributed by atoms with van der Waals surface area (Å²) in [6.45, 7) is 5.74. The lowest BCUT2D eigenvalue weighted by molar-refractivity contribution is -0.137. The first-order valence-corrected chi connectivity index (χ1v) is 8.44. The first-order chi connectivity index (χ1) is 12.2. The van der Waals surface area contributed by atoms with E-state index in [1.165, 1.54) is 18.5 Å². The van der Waals surface area contributed by atoms with Crippen LogP contribution in [0.5, 0.6) is 11.5 Å². The van der Waals surface area contributed by atoms with Gasteiger partial charge in [0.1, 0.15) is 11.5 Å². The number of rotatable bonds is 5. The Morgan fingerprint density at radius 2 is 1.88 bits per heavy atom. The van der Waals surface area contributed by atoms with E-state index in [1.54, 1.807) is 6.07 Å². The minimum Gasteiger partial charge on any atom is -0.457 e. The second kappa shape index (κ2) is 7.99. The van der Waals surface area contributed by atoms with Crippen LogP contribution in [-0.2, 0) is 6.18 Å². The van der Waals surface area contributed by atoms with Gasteiger partial charge in [0.2, 0.25) is 0 Å². The van der Waals surface area contributed by atoms with E-state index in [2.05, 4.69) is 4.99 Å². The molecule has 0 aliphatic carbocycles. The fourth-order valence-corrected chi connectivity index (χ4v) is 2.93. The van der Waals surface area contributed by atoms with Crippen molar-refractivity contribution in [2.45, 2.75) is 39.4 Å². The molecule has 0 bridgehead atoms. The Morgan fingerprint density at radius 3 is 2.46 bits per heavy atom. The monoisotopic (exact) mass is 384 g/mol. The minimum atomic E-state index is -4.54. The van der Waals surface area contributed by atoms with E-state index in [9.17, 15) is 13.2 Å². The average molecular weight is 385 g/mol. The molecule has 1 atom stereocenters. The van der Waals surface area contributed by atoms with Crippen LogP contribution in [0.2, 0.25) is 5.02 Å². The van der Waals surface area contributed by atoms with Crippen molar-refractivity contribution < 1.29 is 17.9 Å². The van der Waals surface area contributed by atoms with Gasteiger partial charge in [-0.15, -0.1) is 0 Å². The molecule has 0 radical (unpaired) electrons. The first kappa shape index (κ1) is 20.1. The molecular formula is C19H20ClF3N2O. The van der Waals surface area contributed by atoms with Crippen LogP contribution in [0.1, 0.15) is 41.6 Å². The maximum atomic E-state index is 13.0. The maximum absolute atomic E-state index is 13.0. The number of nitrogens with two attached hydrogens (primary N) is 1. The third-order valence-electron chi connectivity index (χ3n) is 4.05. The summed E-state index contributed by atoms with van der Waals surface area (Å²) in [5.74, 6) is 0.553. The van der Waals surface area contributed by atoms with Gasteiger partial charge in [-0.25, -0.2) is 0 Å². The van der Waals surface area contributed by atoms with Crippen LogP contribution >= 0.6 is 11.6 Å². The molecule has 1 unspecified atom stereocenters. The van der Waals surface area contributed by atoms with E-state index in [0.29, 0.717) is 5.75 Å². The summed E-state index contributed by atoms with van der Waals surface area (Å²) in [4.78, 5) is 4.25. The second-order valence-corrected chi connectivity index (χ2v) is 6.35. The van der Waals surface area contributed by atoms with Crippen LogP contribution in [0.3, 0.4) is 0 Å². The van der Waals surface area contributed by atoms with Crippen molar-refractivity contribution in [3.05, 3.63) is 57.6 Å². The van der Waals surface area contributed by atoms with E-state index in [1.807, 2.05) is 26.8 Å². The number of halogens is 4. The number of hydrogen-bond donors (Lipinski definition) is 1. The highest BCUT2D eigenvalue weighted by atomic mass is 35.5. The van der Waals surface area contributed by atoms with Gasteiger partial charge in [0.15, 0.2) is 0 Å². The SMILES string of the molecule is CCC(N=CN)c1cc(C)c(Oc2ccc(Cl)c(C(F)(F)F)c2)cc1C. The molecule has 0 heterocycles. The van der Waals surface area contributed by atoms with Gasteiger partial charge in [-0.1, -0.05) is 18.5 Å². The summed E-state index contributed by atoms with van der Waals surface area (Å²) in [7, 11) is 0. The lowest BCUT2D eigenvalue weighted by Crippen LogP contribution is -2.06. The predicted octanol–water partition coefficient (Wildman–Crippen LogP) is 6.21. The van der Waals surface area contributed by atoms with Gasteiger partial charge >= 0.3 is 6.18 Å². The van der Waals surface area contributed by atoms with Crippen molar-refractivity contribution in [3.63, 3.8) is 0 Å². The molecule has 2 rings (SSSR count). The summed E-state index contributed by atoms with van der Waals surface area (Å²) in [5, 5.41) is -0.362. The molecular weight excluding hydrogens is 365 g/mol. The molecule has 0 spiro atoms. The van der Waals surface area contributed by atoms with Crippen molar-refractivity contribution in [1.29, 1.82) is 0 Å². The molecule has 0 aromatic heterocycles. The Morgan fingerprint density at radius 1 is 1.19 bits per heavy atom. The van der Waals surface area contributed by atoms with E-state index >= 15 is 0 Å². The molecule has 0 aliphatic rings. The highest BCUT2D eigenvalue weighted by molar-refractivity contribution is 6.31. The van der Waals surface area contributed by atoms with Gasteiger partial charge in [0, 0.05) is 0 Å². The topological polar surface area (TPSA) is 47.6 Å². The number of benzene rings is 2. The molecule has 26 heavy (non-hydrogen) atoms. The zero-order chi connectivity index (χ0) is 19.5. The van der Waals surface area contributed by atoms with Crippen molar-refractivity contribution in [2.24, 2.45) is 10.7 Å². The normalized spacial score (nSPS) is 13.2. The largest absolute Gasteiger partial charge is 0.457 e. The van der Waals surface area contributed by atoms with Crippen molar-refractivity contribution in [2.75, 3.05) is 0 Å². The summed E-state index contributed by atoms with van der Waals surface area (Å²) in [5.41, 5.74) is 7.20. The average Bonchev–Trinajstić information content (AvgIpc) is 2.56. The van der Waals surface area contributed by atoms with Crippen molar-refractivity contribution in [1.82, 2.24) is 0 Å². The standard InChI is InChI=1S/C19H20ClF3N2O/c1-4-17(25-10-24)14-7-12(3)18(8-11(14)2)26-13-5-6-16(20)15(9-13)19(21,22)23/h5-10,17H,4H2,1-3H3,(H2,24,25). The number of alkyl halides is 3. The van der Waals surface area contributed by atoms with Gasteiger partial charge in [0.05, 0.1) is 23.0 Å². The van der Waals surface area contributed by atoms with Gasteiger partial charge in [-0.2, -0.15) is 13.2 Å². The van der Waals surface area contributed by atoms with E-state index in [0.717, 1.165) is 29.2 Å². The van der Waals surface area contributed by atoms with E-state index in [-0.39, 0.29) is 16.8 Å². The van der Waals surface area contributed by atoms with Crippen LogP contribution in [0, 0.1) is 13.8 Å². The quantitative estimate of drug-likeness (QED) is 0.492. The molecule has 7 heteroatoms. The van der Waals surface area contributed by atoms with Crippen molar-refractivity contribution >= 4 is 17.9 Å². The van der Waals surface area contributed by atoms with Crippen LogP contribution in [-0.4, -0.2) is 6.34 Å². The molecule has 140 valence electrons. The van der Waals surface area contributed by atoms with Crippen LogP contribution < -0.4 is 10.5 Å². The Kier molecular flexibility index (Phi) is 6.18. The molecule has 2 aromatic rings. The smallest absolute Gasteiger partial charge is 0.417 e. The zero-order valence-electron chi connectivity index (χ0n) is 14.7.